The topological polar surface area (TPSA) is 90.5 Å². The lowest BCUT2D eigenvalue weighted by molar-refractivity contribution is -0.118. The molecule has 0 aliphatic carbocycles. The molecule has 1 aromatic rings. The fourth-order valence-electron chi connectivity index (χ4n) is 3.27. The van der Waals surface area contributed by atoms with E-state index in [9.17, 15) is 14.4 Å². The maximum absolute atomic E-state index is 12.7. The van der Waals surface area contributed by atoms with Crippen molar-refractivity contribution in [3.63, 3.8) is 0 Å². The quantitative estimate of drug-likeness (QED) is 0.740. The third-order valence-corrected chi connectivity index (χ3v) is 4.60. The van der Waals surface area contributed by atoms with Gasteiger partial charge in [-0.1, -0.05) is 6.92 Å². The number of nitrogens with one attached hydrogen (secondary N) is 3. The number of likely N-dealkylation sites (tertiary alicyclic amines) is 1. The average molecular weight is 389 g/mol. The van der Waals surface area contributed by atoms with E-state index in [-0.39, 0.29) is 12.5 Å². The molecule has 1 aromatic carbocycles. The number of hydrogen-bond acceptors (Lipinski definition) is 4. The highest BCUT2D eigenvalue weighted by atomic mass is 16.2. The largest absolute Gasteiger partial charge is 0.376 e. The van der Waals surface area contributed by atoms with Crippen LogP contribution in [0.25, 0.3) is 0 Å². The number of rotatable bonds is 4. The normalized spacial score (nSPS) is 17.0. The van der Waals surface area contributed by atoms with Crippen LogP contribution in [0.15, 0.2) is 18.2 Å². The second kappa shape index (κ2) is 9.08. The number of anilines is 1. The van der Waals surface area contributed by atoms with Gasteiger partial charge in [-0.3, -0.25) is 14.9 Å². The molecule has 0 aromatic heterocycles. The third kappa shape index (κ3) is 6.55. The molecule has 1 saturated heterocycles. The standard InChI is InChI=1S/C21H32N4O3/c1-14-7-6-10-25(13-14)19(27)16-8-9-17(15(2)11-16)22-12-18(26)23-20(28)24-21(3,4)5/h8-9,11,14,22H,6-7,10,12-13H2,1-5H3,(H2,23,24,26,28). The van der Waals surface area contributed by atoms with E-state index in [1.165, 1.54) is 6.42 Å². The van der Waals surface area contributed by atoms with Crippen LogP contribution in [0.4, 0.5) is 10.5 Å². The fraction of sp³-hybridized carbons (Fsp3) is 0.571. The molecule has 0 spiro atoms. The molecule has 28 heavy (non-hydrogen) atoms. The van der Waals surface area contributed by atoms with Gasteiger partial charge < -0.3 is 15.5 Å². The minimum atomic E-state index is -0.521. The van der Waals surface area contributed by atoms with E-state index in [1.54, 1.807) is 12.1 Å². The Kier molecular flexibility index (Phi) is 7.05. The molecular weight excluding hydrogens is 356 g/mol. The molecule has 2 rings (SSSR count). The molecule has 1 heterocycles. The molecular formula is C21H32N4O3. The van der Waals surface area contributed by atoms with Crippen molar-refractivity contribution in [1.82, 2.24) is 15.5 Å². The van der Waals surface area contributed by atoms with Crippen LogP contribution >= 0.6 is 0 Å². The summed E-state index contributed by atoms with van der Waals surface area (Å²) in [6.07, 6.45) is 2.21. The van der Waals surface area contributed by atoms with Gasteiger partial charge in [0.25, 0.3) is 5.91 Å². The van der Waals surface area contributed by atoms with Gasteiger partial charge >= 0.3 is 6.03 Å². The zero-order valence-corrected chi connectivity index (χ0v) is 17.5. The number of nitrogens with zero attached hydrogens (tertiary/aromatic N) is 1. The molecule has 154 valence electrons. The highest BCUT2D eigenvalue weighted by Gasteiger charge is 2.22. The first-order valence-corrected chi connectivity index (χ1v) is 9.81. The Morgan fingerprint density at radius 1 is 1.21 bits per heavy atom. The van der Waals surface area contributed by atoms with E-state index in [0.717, 1.165) is 30.8 Å². The van der Waals surface area contributed by atoms with E-state index >= 15 is 0 Å². The summed E-state index contributed by atoms with van der Waals surface area (Å²) >= 11 is 0. The third-order valence-electron chi connectivity index (χ3n) is 4.60. The Morgan fingerprint density at radius 2 is 1.93 bits per heavy atom. The molecule has 1 unspecified atom stereocenters. The summed E-state index contributed by atoms with van der Waals surface area (Å²) < 4.78 is 0. The molecule has 7 heteroatoms. The Balaban J connectivity index is 1.91. The van der Waals surface area contributed by atoms with Gasteiger partial charge in [-0.2, -0.15) is 0 Å². The number of carbonyl (C=O) groups is 3. The molecule has 0 saturated carbocycles. The highest BCUT2D eigenvalue weighted by molar-refractivity contribution is 5.97. The number of urea groups is 1. The van der Waals surface area contributed by atoms with E-state index in [2.05, 4.69) is 22.9 Å². The van der Waals surface area contributed by atoms with Crippen LogP contribution in [0.5, 0.6) is 0 Å². The van der Waals surface area contributed by atoms with E-state index in [1.807, 2.05) is 38.7 Å². The monoisotopic (exact) mass is 388 g/mol. The predicted octanol–water partition coefficient (Wildman–Crippen LogP) is 2.90. The maximum atomic E-state index is 12.7. The van der Waals surface area contributed by atoms with Gasteiger partial charge in [-0.15, -0.1) is 0 Å². The van der Waals surface area contributed by atoms with Gasteiger partial charge in [0.1, 0.15) is 0 Å². The average Bonchev–Trinajstić information content (AvgIpc) is 2.58. The lowest BCUT2D eigenvalue weighted by Gasteiger charge is -2.31. The van der Waals surface area contributed by atoms with Crippen LogP contribution in [-0.4, -0.2) is 47.9 Å². The first kappa shape index (κ1) is 21.7. The zero-order valence-electron chi connectivity index (χ0n) is 17.5. The van der Waals surface area contributed by atoms with Crippen molar-refractivity contribution in [2.75, 3.05) is 25.0 Å². The van der Waals surface area contributed by atoms with Crippen LogP contribution in [-0.2, 0) is 4.79 Å². The minimum absolute atomic E-state index is 0.0324. The number of imide groups is 1. The number of hydrogen-bond donors (Lipinski definition) is 3. The lowest BCUT2D eigenvalue weighted by atomic mass is 9.99. The van der Waals surface area contributed by atoms with Crippen LogP contribution < -0.4 is 16.0 Å². The van der Waals surface area contributed by atoms with Crippen molar-refractivity contribution in [2.45, 2.75) is 53.0 Å². The predicted molar refractivity (Wildman–Crippen MR) is 110 cm³/mol. The first-order valence-electron chi connectivity index (χ1n) is 9.81. The summed E-state index contributed by atoms with van der Waals surface area (Å²) in [4.78, 5) is 38.3. The molecule has 0 radical (unpaired) electrons. The van der Waals surface area contributed by atoms with Crippen molar-refractivity contribution >= 4 is 23.5 Å². The summed E-state index contributed by atoms with van der Waals surface area (Å²) in [5, 5.41) is 7.98. The lowest BCUT2D eigenvalue weighted by Crippen LogP contribution is -2.49. The van der Waals surface area contributed by atoms with Crippen molar-refractivity contribution in [3.8, 4) is 0 Å². The van der Waals surface area contributed by atoms with Crippen LogP contribution in [0.2, 0.25) is 0 Å². The summed E-state index contributed by atoms with van der Waals surface area (Å²) in [6, 6.07) is 4.90. The van der Waals surface area contributed by atoms with Gasteiger partial charge in [0, 0.05) is 29.9 Å². The van der Waals surface area contributed by atoms with Gasteiger partial charge in [0.2, 0.25) is 5.91 Å². The zero-order chi connectivity index (χ0) is 20.9. The van der Waals surface area contributed by atoms with Crippen molar-refractivity contribution in [3.05, 3.63) is 29.3 Å². The van der Waals surface area contributed by atoms with E-state index in [0.29, 0.717) is 11.5 Å². The number of carbonyl (C=O) groups excluding carboxylic acids is 3. The van der Waals surface area contributed by atoms with E-state index in [4.69, 9.17) is 0 Å². The van der Waals surface area contributed by atoms with Crippen LogP contribution in [0.3, 0.4) is 0 Å². The fourth-order valence-corrected chi connectivity index (χ4v) is 3.27. The van der Waals surface area contributed by atoms with Crippen molar-refractivity contribution in [1.29, 1.82) is 0 Å². The van der Waals surface area contributed by atoms with Crippen molar-refractivity contribution in [2.24, 2.45) is 5.92 Å². The Bertz CT molecular complexity index is 740. The molecule has 1 aliphatic heterocycles. The number of aryl methyl sites for hydroxylation is 1. The summed E-state index contributed by atoms with van der Waals surface area (Å²) in [5.74, 6) is 0.162. The second-order valence-corrected chi connectivity index (χ2v) is 8.63. The maximum Gasteiger partial charge on any atom is 0.321 e. The number of benzene rings is 1. The van der Waals surface area contributed by atoms with Gasteiger partial charge in [-0.25, -0.2) is 4.79 Å². The summed E-state index contributed by atoms with van der Waals surface area (Å²) in [6.45, 7) is 11.2. The smallest absolute Gasteiger partial charge is 0.321 e. The SMILES string of the molecule is Cc1cc(C(=O)N2CCCC(C)C2)ccc1NCC(=O)NC(=O)NC(C)(C)C. The molecule has 1 atom stereocenters. The molecule has 4 amide bonds. The summed E-state index contributed by atoms with van der Waals surface area (Å²) in [7, 11) is 0. The summed E-state index contributed by atoms with van der Waals surface area (Å²) in [5.41, 5.74) is 1.88. The van der Waals surface area contributed by atoms with Crippen molar-refractivity contribution < 1.29 is 14.4 Å². The second-order valence-electron chi connectivity index (χ2n) is 8.63. The molecule has 3 N–H and O–H groups in total. The highest BCUT2D eigenvalue weighted by Crippen LogP contribution is 2.21. The first-order chi connectivity index (χ1) is 13.0. The van der Waals surface area contributed by atoms with Gasteiger partial charge in [0.05, 0.1) is 6.54 Å². The minimum Gasteiger partial charge on any atom is -0.376 e. The Labute approximate surface area is 167 Å². The molecule has 0 bridgehead atoms. The Morgan fingerprint density at radius 3 is 2.54 bits per heavy atom. The Hall–Kier alpha value is -2.57. The van der Waals surface area contributed by atoms with E-state index < -0.39 is 17.5 Å². The molecule has 1 fully saturated rings. The van der Waals surface area contributed by atoms with Crippen LogP contribution in [0, 0.1) is 12.8 Å². The van der Waals surface area contributed by atoms with Gasteiger partial charge in [0.15, 0.2) is 0 Å². The molecule has 1 aliphatic rings. The molecule has 7 nitrogen and oxygen atoms in total. The van der Waals surface area contributed by atoms with Crippen LogP contribution in [0.1, 0.15) is 56.5 Å². The number of amides is 4. The number of piperidine rings is 1. The van der Waals surface area contributed by atoms with Gasteiger partial charge in [-0.05, 0) is 70.2 Å².